The minimum Gasteiger partial charge on any atom is -0.489 e. The molecule has 1 saturated heterocycles. The summed E-state index contributed by atoms with van der Waals surface area (Å²) in [5.74, 6) is -0.866. The number of halogens is 2. The van der Waals surface area contributed by atoms with E-state index >= 15 is 0 Å². The number of benzene rings is 2. The van der Waals surface area contributed by atoms with Crippen molar-refractivity contribution in [2.45, 2.75) is 13.0 Å². The van der Waals surface area contributed by atoms with Gasteiger partial charge < -0.3 is 14.8 Å². The van der Waals surface area contributed by atoms with Gasteiger partial charge in [-0.2, -0.15) is 5.10 Å². The number of hydrogen-bond acceptors (Lipinski definition) is 6. The zero-order valence-corrected chi connectivity index (χ0v) is 19.6. The van der Waals surface area contributed by atoms with Crippen LogP contribution in [0.4, 0.5) is 0 Å². The zero-order valence-electron chi connectivity index (χ0n) is 18.1. The Morgan fingerprint density at radius 2 is 1.85 bits per heavy atom. The minimum absolute atomic E-state index is 0.307. The Morgan fingerprint density at radius 3 is 2.58 bits per heavy atom. The SMILES string of the molecule is O=C(NCCCN1CCOCC1)C(=O)N/N=C\c1ccc(OCc2ccc(Cl)cc2Cl)cc1. The second kappa shape index (κ2) is 13.2. The van der Waals surface area contributed by atoms with Crippen LogP contribution < -0.4 is 15.5 Å². The summed E-state index contributed by atoms with van der Waals surface area (Å²) in [7, 11) is 0. The molecule has 0 unspecified atom stereocenters. The third-order valence-corrected chi connectivity index (χ3v) is 5.50. The van der Waals surface area contributed by atoms with Gasteiger partial charge in [-0.05, 0) is 54.9 Å². The largest absolute Gasteiger partial charge is 0.489 e. The molecule has 1 aliphatic heterocycles. The van der Waals surface area contributed by atoms with E-state index in [-0.39, 0.29) is 0 Å². The Labute approximate surface area is 202 Å². The first-order valence-electron chi connectivity index (χ1n) is 10.6. The fourth-order valence-electron chi connectivity index (χ4n) is 3.08. The number of hydrogen-bond donors (Lipinski definition) is 2. The standard InChI is InChI=1S/C23H26Cl2N4O4/c24-19-5-4-18(21(25)14-19)16-33-20-6-2-17(3-7-20)15-27-28-23(31)22(30)26-8-1-9-29-10-12-32-13-11-29/h2-7,14-15H,1,8-13,16H2,(H,26,30)(H,28,31)/b27-15-. The normalized spacial score (nSPS) is 14.2. The van der Waals surface area contributed by atoms with Crippen LogP contribution in [0.3, 0.4) is 0 Å². The average molecular weight is 493 g/mol. The molecule has 2 N–H and O–H groups in total. The Balaban J connectivity index is 1.35. The molecule has 0 aromatic heterocycles. The van der Waals surface area contributed by atoms with Crippen LogP contribution in [0.1, 0.15) is 17.5 Å². The summed E-state index contributed by atoms with van der Waals surface area (Å²) in [4.78, 5) is 26.0. The van der Waals surface area contributed by atoms with Gasteiger partial charge >= 0.3 is 11.8 Å². The van der Waals surface area contributed by atoms with Gasteiger partial charge in [0.2, 0.25) is 0 Å². The van der Waals surface area contributed by atoms with Gasteiger partial charge in [0.15, 0.2) is 0 Å². The highest BCUT2D eigenvalue weighted by atomic mass is 35.5. The van der Waals surface area contributed by atoms with Crippen LogP contribution in [-0.2, 0) is 20.9 Å². The van der Waals surface area contributed by atoms with Crippen LogP contribution in [0, 0.1) is 0 Å². The van der Waals surface area contributed by atoms with Crippen molar-refractivity contribution in [3.63, 3.8) is 0 Å². The number of carbonyl (C=O) groups is 2. The van der Waals surface area contributed by atoms with Gasteiger partial charge in [-0.15, -0.1) is 0 Å². The molecule has 8 nitrogen and oxygen atoms in total. The Hall–Kier alpha value is -2.65. The summed E-state index contributed by atoms with van der Waals surface area (Å²) < 4.78 is 11.0. The van der Waals surface area contributed by atoms with E-state index in [1.165, 1.54) is 6.21 Å². The van der Waals surface area contributed by atoms with E-state index in [1.54, 1.807) is 36.4 Å². The summed E-state index contributed by atoms with van der Waals surface area (Å²) in [6.07, 6.45) is 2.21. The third kappa shape index (κ3) is 8.66. The summed E-state index contributed by atoms with van der Waals surface area (Å²) in [5, 5.41) is 7.54. The van der Waals surface area contributed by atoms with E-state index in [2.05, 4.69) is 20.7 Å². The average Bonchev–Trinajstić information content (AvgIpc) is 2.82. The Bertz CT molecular complexity index is 963. The topological polar surface area (TPSA) is 92.3 Å². The van der Waals surface area contributed by atoms with E-state index in [1.807, 2.05) is 6.07 Å². The summed E-state index contributed by atoms with van der Waals surface area (Å²) >= 11 is 12.0. The number of morpholine rings is 1. The molecule has 10 heteroatoms. The molecule has 33 heavy (non-hydrogen) atoms. The highest BCUT2D eigenvalue weighted by Crippen LogP contribution is 2.22. The van der Waals surface area contributed by atoms with Crippen molar-refractivity contribution < 1.29 is 19.1 Å². The van der Waals surface area contributed by atoms with Crippen molar-refractivity contribution in [1.82, 2.24) is 15.6 Å². The molecular formula is C23H26Cl2N4O4. The van der Waals surface area contributed by atoms with Crippen molar-refractivity contribution in [3.05, 3.63) is 63.6 Å². The molecule has 0 aliphatic carbocycles. The molecular weight excluding hydrogens is 467 g/mol. The smallest absolute Gasteiger partial charge is 0.329 e. The number of rotatable bonds is 9. The van der Waals surface area contributed by atoms with Gasteiger partial charge in [0.05, 0.1) is 19.4 Å². The highest BCUT2D eigenvalue weighted by molar-refractivity contribution is 6.35. The van der Waals surface area contributed by atoms with Crippen LogP contribution in [0.25, 0.3) is 0 Å². The summed E-state index contributed by atoms with van der Waals surface area (Å²) in [6.45, 7) is 4.86. The Morgan fingerprint density at radius 1 is 1.09 bits per heavy atom. The molecule has 1 aliphatic rings. The number of nitrogens with zero attached hydrogens (tertiary/aromatic N) is 2. The molecule has 0 radical (unpaired) electrons. The molecule has 2 aromatic carbocycles. The number of ether oxygens (including phenoxy) is 2. The maximum atomic E-state index is 11.8. The third-order valence-electron chi connectivity index (χ3n) is 4.92. The fraction of sp³-hybridized carbons (Fsp3) is 0.348. The Kier molecular flexibility index (Phi) is 9.96. The van der Waals surface area contributed by atoms with Crippen LogP contribution >= 0.6 is 23.2 Å². The fourth-order valence-corrected chi connectivity index (χ4v) is 3.54. The van der Waals surface area contributed by atoms with E-state index in [9.17, 15) is 9.59 Å². The minimum atomic E-state index is -0.808. The second-order valence-corrected chi connectivity index (χ2v) is 8.20. The van der Waals surface area contributed by atoms with E-state index in [4.69, 9.17) is 32.7 Å². The first kappa shape index (κ1) is 25.0. The maximum Gasteiger partial charge on any atom is 0.329 e. The molecule has 2 amide bonds. The molecule has 0 saturated carbocycles. The molecule has 3 rings (SSSR count). The second-order valence-electron chi connectivity index (χ2n) is 7.36. The van der Waals surface area contributed by atoms with Gasteiger partial charge in [0.1, 0.15) is 12.4 Å². The van der Waals surface area contributed by atoms with E-state index < -0.39 is 11.8 Å². The molecule has 0 atom stereocenters. The molecule has 0 spiro atoms. The first-order chi connectivity index (χ1) is 16.0. The predicted molar refractivity (Wildman–Crippen MR) is 128 cm³/mol. The highest BCUT2D eigenvalue weighted by Gasteiger charge is 2.13. The van der Waals surface area contributed by atoms with E-state index in [0.29, 0.717) is 28.9 Å². The van der Waals surface area contributed by atoms with Gasteiger partial charge in [-0.25, -0.2) is 5.43 Å². The summed E-state index contributed by atoms with van der Waals surface area (Å²) in [5.41, 5.74) is 3.79. The molecule has 2 aromatic rings. The number of carbonyl (C=O) groups excluding carboxylic acids is 2. The van der Waals surface area contributed by atoms with Crippen molar-refractivity contribution in [2.24, 2.45) is 5.10 Å². The molecule has 0 bridgehead atoms. The van der Waals surface area contributed by atoms with Crippen molar-refractivity contribution >= 4 is 41.2 Å². The molecule has 1 heterocycles. The van der Waals surface area contributed by atoms with Crippen molar-refractivity contribution in [3.8, 4) is 5.75 Å². The molecule has 176 valence electrons. The number of nitrogens with one attached hydrogen (secondary N) is 2. The lowest BCUT2D eigenvalue weighted by atomic mass is 10.2. The van der Waals surface area contributed by atoms with Crippen LogP contribution in [0.5, 0.6) is 5.75 Å². The lowest BCUT2D eigenvalue weighted by molar-refractivity contribution is -0.139. The lowest BCUT2D eigenvalue weighted by Gasteiger charge is -2.26. The van der Waals surface area contributed by atoms with Crippen LogP contribution in [0.15, 0.2) is 47.6 Å². The first-order valence-corrected chi connectivity index (χ1v) is 11.3. The van der Waals surface area contributed by atoms with Crippen LogP contribution in [0.2, 0.25) is 10.0 Å². The quantitative estimate of drug-likeness (QED) is 0.243. The summed E-state index contributed by atoms with van der Waals surface area (Å²) in [6, 6.07) is 12.3. The predicted octanol–water partition coefficient (Wildman–Crippen LogP) is 2.86. The zero-order chi connectivity index (χ0) is 23.5. The van der Waals surface area contributed by atoms with Gasteiger partial charge in [-0.3, -0.25) is 14.5 Å². The lowest BCUT2D eigenvalue weighted by Crippen LogP contribution is -2.40. The van der Waals surface area contributed by atoms with Gasteiger partial charge in [0, 0.05) is 35.2 Å². The van der Waals surface area contributed by atoms with Crippen molar-refractivity contribution in [2.75, 3.05) is 39.4 Å². The van der Waals surface area contributed by atoms with E-state index in [0.717, 1.165) is 50.4 Å². The van der Waals surface area contributed by atoms with Gasteiger partial charge in [-0.1, -0.05) is 29.3 Å². The maximum absolute atomic E-state index is 11.8. The van der Waals surface area contributed by atoms with Crippen molar-refractivity contribution in [1.29, 1.82) is 0 Å². The molecule has 1 fully saturated rings. The number of amides is 2. The van der Waals surface area contributed by atoms with Crippen LogP contribution in [-0.4, -0.2) is 62.3 Å². The monoisotopic (exact) mass is 492 g/mol. The van der Waals surface area contributed by atoms with Gasteiger partial charge in [0.25, 0.3) is 0 Å². The number of hydrazone groups is 1.